The van der Waals surface area contributed by atoms with E-state index in [2.05, 4.69) is 30.6 Å². The van der Waals surface area contributed by atoms with Crippen LogP contribution in [0.25, 0.3) is 111 Å². The summed E-state index contributed by atoms with van der Waals surface area (Å²) in [6, 6.07) is 56.2. The molecule has 0 atom stereocenters. The summed E-state index contributed by atoms with van der Waals surface area (Å²) >= 11 is 0. The molecule has 0 spiro atoms. The van der Waals surface area contributed by atoms with E-state index in [4.69, 9.17) is 27.5 Å². The number of para-hydroxylation sites is 5. The van der Waals surface area contributed by atoms with Gasteiger partial charge in [-0.3, -0.25) is 4.57 Å². The second kappa shape index (κ2) is 18.5. The van der Waals surface area contributed by atoms with Crippen LogP contribution in [0.5, 0.6) is 11.5 Å². The van der Waals surface area contributed by atoms with Gasteiger partial charge in [-0.15, -0.1) is 29.7 Å². The predicted octanol–water partition coefficient (Wildman–Crippen LogP) is 16.0. The Morgan fingerprint density at radius 1 is 0.527 bits per heavy atom. The van der Waals surface area contributed by atoms with Crippen LogP contribution in [0.1, 0.15) is 23.4 Å². The summed E-state index contributed by atoms with van der Waals surface area (Å²) in [5, 5.41) is 3.66. The Labute approximate surface area is 460 Å². The molecule has 0 aliphatic heterocycles. The number of pyridine rings is 1. The van der Waals surface area contributed by atoms with Gasteiger partial charge in [-0.25, -0.2) is 4.98 Å². The van der Waals surface area contributed by atoms with Crippen LogP contribution in [0.4, 0.5) is 0 Å². The van der Waals surface area contributed by atoms with Crippen molar-refractivity contribution >= 4 is 54.6 Å². The van der Waals surface area contributed by atoms with Crippen LogP contribution in [0, 0.1) is 25.3 Å². The molecule has 0 amide bonds. The van der Waals surface area contributed by atoms with Gasteiger partial charge in [0.2, 0.25) is 0 Å². The largest absolute Gasteiger partial charge is 0.510 e. The van der Waals surface area contributed by atoms with Gasteiger partial charge in [0.25, 0.3) is 6.33 Å². The first-order valence-electron chi connectivity index (χ1n) is 30.0. The summed E-state index contributed by atoms with van der Waals surface area (Å²) in [6.07, 6.45) is 5.05. The number of fused-ring (bicyclic) bond motifs is 7. The van der Waals surface area contributed by atoms with Gasteiger partial charge in [0.05, 0.1) is 53.3 Å². The van der Waals surface area contributed by atoms with Crippen molar-refractivity contribution in [1.29, 1.82) is 0 Å². The standard InChI is InChI=1S/C67H43N5O.Pt/c1-45-37-66(68-43-65(45)72-61-32-14-12-28-57(61)59-30-18-29-55(67(59)72)48-23-9-4-10-24-48)71-60-31-13-11-27-56(60)58-36-35-54(42-64(58)71)73-53-26-17-25-51(41-53)69-44-70(63-34-16-15-33-62(63)69)52-39-49(46-19-5-2-6-20-46)38-50(40-52)47-21-7-3-8-22-47;/h2-40,43H,1H3;/q-2;/i1D3,2D,3D,5D,6D,7D,8D,19D,20D,21D,22D;. The van der Waals surface area contributed by atoms with Crippen LogP contribution in [-0.4, -0.2) is 18.7 Å². The number of benzene rings is 10. The van der Waals surface area contributed by atoms with Gasteiger partial charge in [0.1, 0.15) is 5.82 Å². The molecule has 14 aromatic rings. The monoisotopic (exact) mass is 1140 g/mol. The van der Waals surface area contributed by atoms with Gasteiger partial charge in [-0.2, -0.15) is 18.2 Å². The minimum atomic E-state index is -2.58. The molecule has 0 radical (unpaired) electrons. The molecule has 4 aromatic heterocycles. The summed E-state index contributed by atoms with van der Waals surface area (Å²) in [5.74, 6) is 0.987. The Bertz CT molecular complexity index is 5030. The number of hydrogen-bond donors (Lipinski definition) is 0. The third kappa shape index (κ3) is 7.62. The molecule has 0 unspecified atom stereocenters. The molecular formula is C67H43N5OPt-2. The normalized spacial score (nSPS) is 14.1. The van der Waals surface area contributed by atoms with Crippen LogP contribution in [0.3, 0.4) is 0 Å². The second-order valence-corrected chi connectivity index (χ2v) is 17.4. The number of aromatic nitrogens is 5. The number of ether oxygens (including phenoxy) is 1. The van der Waals surface area contributed by atoms with Crippen molar-refractivity contribution in [3.8, 4) is 67.8 Å². The first-order chi connectivity index (χ1) is 41.5. The maximum atomic E-state index is 9.06. The van der Waals surface area contributed by atoms with E-state index >= 15 is 0 Å². The van der Waals surface area contributed by atoms with Gasteiger partial charge in [-0.1, -0.05) is 175 Å². The van der Waals surface area contributed by atoms with Crippen molar-refractivity contribution in [2.24, 2.45) is 0 Å². The fraction of sp³-hybridized carbons (Fsp3) is 0.0149. The molecule has 0 saturated heterocycles. The number of nitrogens with zero attached hydrogens (tertiary/aromatic N) is 5. The maximum absolute atomic E-state index is 9.06. The Kier molecular flexibility index (Phi) is 8.20. The van der Waals surface area contributed by atoms with Crippen LogP contribution in [0.2, 0.25) is 0 Å². The van der Waals surface area contributed by atoms with Gasteiger partial charge >= 0.3 is 0 Å². The van der Waals surface area contributed by atoms with Crippen molar-refractivity contribution in [2.75, 3.05) is 0 Å². The van der Waals surface area contributed by atoms with E-state index in [1.807, 2.05) is 130 Å². The summed E-state index contributed by atoms with van der Waals surface area (Å²) in [6.45, 7) is -2.58. The predicted molar refractivity (Wildman–Crippen MR) is 295 cm³/mol. The van der Waals surface area contributed by atoms with Crippen molar-refractivity contribution < 1.29 is 48.2 Å². The van der Waals surface area contributed by atoms with Crippen molar-refractivity contribution in [3.05, 3.63) is 267 Å². The Hall–Kier alpha value is -9.09. The molecule has 0 aliphatic rings. The van der Waals surface area contributed by atoms with Gasteiger partial charge in [0, 0.05) is 58.5 Å². The molecule has 14 rings (SSSR count). The van der Waals surface area contributed by atoms with Crippen LogP contribution in [0.15, 0.2) is 243 Å². The average molecular weight is 1140 g/mol. The third-order valence-electron chi connectivity index (χ3n) is 13.2. The van der Waals surface area contributed by atoms with E-state index in [9.17, 15) is 0 Å². The third-order valence-corrected chi connectivity index (χ3v) is 13.2. The van der Waals surface area contributed by atoms with E-state index < -0.39 is 67.3 Å². The van der Waals surface area contributed by atoms with Gasteiger partial charge in [-0.05, 0) is 87.7 Å². The zero-order valence-electron chi connectivity index (χ0n) is 51.8. The maximum Gasteiger partial charge on any atom is 0.268 e. The van der Waals surface area contributed by atoms with Crippen LogP contribution < -0.4 is 9.30 Å². The van der Waals surface area contributed by atoms with Crippen LogP contribution >= 0.6 is 0 Å². The molecule has 0 saturated carbocycles. The fourth-order valence-corrected chi connectivity index (χ4v) is 10.0. The molecule has 74 heavy (non-hydrogen) atoms. The SMILES string of the molecule is [2H]c1c([2H])c([2H])c(-c2cc(-c3c([2H])c([2H])c([2H])c([2H])c3[2H])cc(-[n+]3[c-]n(-c4[c-]c(Oc5[c-]c6c(cc5)c5ccccc5n6-c5cc(C([2H])([2H])[2H])c(-n6c7ccccc7c7cccc(-c8ccccc8)c76)cn5)ccc4)c4ccccc43)c2)c([2H])c1[2H].[Pt]. The van der Waals surface area contributed by atoms with Crippen molar-refractivity contribution in [2.45, 2.75) is 6.85 Å². The number of aryl methyl sites for hydroxylation is 1. The minimum Gasteiger partial charge on any atom is -0.510 e. The molecule has 4 heterocycles. The first-order valence-corrected chi connectivity index (χ1v) is 23.5. The quantitative estimate of drug-likeness (QED) is 0.107. The number of hydrogen-bond acceptors (Lipinski definition) is 2. The fourth-order valence-electron chi connectivity index (χ4n) is 10.0. The van der Waals surface area contributed by atoms with Crippen LogP contribution in [-0.2, 0) is 21.1 Å². The topological polar surface area (TPSA) is 40.8 Å². The summed E-state index contributed by atoms with van der Waals surface area (Å²) in [5.41, 5.74) is 7.54. The zero-order valence-corrected chi connectivity index (χ0v) is 41.1. The molecule has 0 N–H and O–H groups in total. The molecule has 0 fully saturated rings. The summed E-state index contributed by atoms with van der Waals surface area (Å²) in [7, 11) is 0. The average Bonchev–Trinajstić information content (AvgIpc) is 2.14. The number of rotatable bonds is 9. The Morgan fingerprint density at radius 2 is 1.16 bits per heavy atom. The first kappa shape index (κ1) is 32.8. The second-order valence-electron chi connectivity index (χ2n) is 17.4. The van der Waals surface area contributed by atoms with Gasteiger partial charge < -0.3 is 18.4 Å². The molecule has 10 aromatic carbocycles. The molecule has 354 valence electrons. The molecule has 7 heteroatoms. The van der Waals surface area contributed by atoms with E-state index in [-0.39, 0.29) is 48.9 Å². The van der Waals surface area contributed by atoms with Gasteiger partial charge in [0.15, 0.2) is 0 Å². The molecule has 6 nitrogen and oxygen atoms in total. The summed E-state index contributed by atoms with van der Waals surface area (Å²) < 4.78 is 127. The Balaban J connectivity index is 0.00000700. The Morgan fingerprint density at radius 3 is 1.91 bits per heavy atom. The van der Waals surface area contributed by atoms with E-state index in [0.717, 1.165) is 49.2 Å². The summed E-state index contributed by atoms with van der Waals surface area (Å²) in [4.78, 5) is 5.09. The molecule has 0 bridgehead atoms. The van der Waals surface area contributed by atoms with Crippen molar-refractivity contribution in [1.82, 2.24) is 18.7 Å². The minimum absolute atomic E-state index is 0. The van der Waals surface area contributed by atoms with E-state index in [0.29, 0.717) is 50.9 Å². The smallest absolute Gasteiger partial charge is 0.268 e. The molecular weight excluding hydrogens is 1090 g/mol. The molecule has 0 aliphatic carbocycles. The number of imidazole rings is 1. The van der Waals surface area contributed by atoms with Crippen molar-refractivity contribution in [3.63, 3.8) is 0 Å². The van der Waals surface area contributed by atoms with E-state index in [1.54, 1.807) is 51.7 Å². The van der Waals surface area contributed by atoms with E-state index in [1.165, 1.54) is 6.07 Å². The zero-order chi connectivity index (χ0) is 59.6.